The molecule has 1 atom stereocenters. The van der Waals surface area contributed by atoms with E-state index in [1.807, 2.05) is 6.92 Å². The first-order valence-corrected chi connectivity index (χ1v) is 6.79. The van der Waals surface area contributed by atoms with Gasteiger partial charge in [-0.05, 0) is 25.7 Å². The van der Waals surface area contributed by atoms with Crippen molar-refractivity contribution < 1.29 is 5.11 Å². The Balaban J connectivity index is 2.24. The molecule has 1 aromatic heterocycles. The summed E-state index contributed by atoms with van der Waals surface area (Å²) in [5.41, 5.74) is 2.55. The van der Waals surface area contributed by atoms with Crippen molar-refractivity contribution in [3.63, 3.8) is 0 Å². The minimum Gasteiger partial charge on any atom is -0.395 e. The Morgan fingerprint density at radius 3 is 2.94 bits per heavy atom. The fourth-order valence-corrected chi connectivity index (χ4v) is 2.92. The van der Waals surface area contributed by atoms with E-state index in [2.05, 4.69) is 9.97 Å². The third-order valence-corrected chi connectivity index (χ3v) is 4.03. The maximum absolute atomic E-state index is 9.09. The maximum atomic E-state index is 9.09. The standard InChI is InChI=1S/C12H18N2OS/c1-9(7-15)16-12-10-5-3-2-4-6-11(10)13-8-14-12/h8-9,15H,2-7H2,1H3. The Morgan fingerprint density at radius 2 is 2.12 bits per heavy atom. The average Bonchev–Trinajstić information content (AvgIpc) is 2.54. The summed E-state index contributed by atoms with van der Waals surface area (Å²) < 4.78 is 0. The molecule has 1 N–H and O–H groups in total. The second kappa shape index (κ2) is 5.64. The molecule has 4 heteroatoms. The number of thioether (sulfide) groups is 1. The summed E-state index contributed by atoms with van der Waals surface area (Å²) in [6.07, 6.45) is 7.60. The van der Waals surface area contributed by atoms with Crippen molar-refractivity contribution >= 4 is 11.8 Å². The molecule has 0 aliphatic heterocycles. The highest BCUT2D eigenvalue weighted by Gasteiger charge is 2.16. The van der Waals surface area contributed by atoms with Crippen molar-refractivity contribution in [2.75, 3.05) is 6.61 Å². The predicted molar refractivity (Wildman–Crippen MR) is 65.7 cm³/mol. The number of hydrogen-bond donors (Lipinski definition) is 1. The van der Waals surface area contributed by atoms with Crippen LogP contribution in [-0.4, -0.2) is 26.9 Å². The number of aliphatic hydroxyl groups excluding tert-OH is 1. The Kier molecular flexibility index (Phi) is 4.18. The molecule has 0 saturated carbocycles. The largest absolute Gasteiger partial charge is 0.395 e. The van der Waals surface area contributed by atoms with Crippen LogP contribution >= 0.6 is 11.8 Å². The Hall–Kier alpha value is -0.610. The van der Waals surface area contributed by atoms with Crippen LogP contribution in [0.4, 0.5) is 0 Å². The molecule has 0 radical (unpaired) electrons. The van der Waals surface area contributed by atoms with E-state index >= 15 is 0 Å². The molecule has 0 amide bonds. The van der Waals surface area contributed by atoms with Gasteiger partial charge in [-0.3, -0.25) is 0 Å². The number of hydrogen-bond acceptors (Lipinski definition) is 4. The molecule has 0 aromatic carbocycles. The minimum atomic E-state index is 0.198. The van der Waals surface area contributed by atoms with E-state index in [0.29, 0.717) is 0 Å². The SMILES string of the molecule is CC(CO)Sc1ncnc2c1CCCCC2. The van der Waals surface area contributed by atoms with Crippen LogP contribution in [0.2, 0.25) is 0 Å². The number of aryl methyl sites for hydroxylation is 1. The Labute approximate surface area is 101 Å². The van der Waals surface area contributed by atoms with Gasteiger partial charge in [-0.15, -0.1) is 11.8 Å². The topological polar surface area (TPSA) is 46.0 Å². The fourth-order valence-electron chi connectivity index (χ4n) is 2.00. The summed E-state index contributed by atoms with van der Waals surface area (Å²) in [6.45, 7) is 2.22. The van der Waals surface area contributed by atoms with E-state index < -0.39 is 0 Å². The van der Waals surface area contributed by atoms with Crippen molar-refractivity contribution in [1.82, 2.24) is 9.97 Å². The molecule has 0 spiro atoms. The molecule has 16 heavy (non-hydrogen) atoms. The zero-order chi connectivity index (χ0) is 11.4. The van der Waals surface area contributed by atoms with Gasteiger partial charge in [0.15, 0.2) is 0 Å². The van der Waals surface area contributed by atoms with Crippen molar-refractivity contribution in [2.45, 2.75) is 49.3 Å². The lowest BCUT2D eigenvalue weighted by atomic mass is 10.1. The zero-order valence-corrected chi connectivity index (χ0v) is 10.5. The molecule has 1 aliphatic carbocycles. The van der Waals surface area contributed by atoms with Gasteiger partial charge in [-0.25, -0.2) is 9.97 Å². The summed E-state index contributed by atoms with van der Waals surface area (Å²) in [4.78, 5) is 8.75. The van der Waals surface area contributed by atoms with Crippen LogP contribution in [-0.2, 0) is 12.8 Å². The molecule has 1 unspecified atom stereocenters. The third kappa shape index (κ3) is 2.74. The zero-order valence-electron chi connectivity index (χ0n) is 9.65. The molecule has 88 valence electrons. The number of fused-ring (bicyclic) bond motifs is 1. The van der Waals surface area contributed by atoms with Crippen LogP contribution in [0.1, 0.15) is 37.4 Å². The van der Waals surface area contributed by atoms with E-state index in [1.54, 1.807) is 18.1 Å². The highest BCUT2D eigenvalue weighted by molar-refractivity contribution is 7.99. The molecule has 1 aromatic rings. The molecule has 1 aliphatic rings. The molecule has 0 fully saturated rings. The van der Waals surface area contributed by atoms with Crippen molar-refractivity contribution in [3.8, 4) is 0 Å². The first-order valence-electron chi connectivity index (χ1n) is 5.91. The van der Waals surface area contributed by atoms with Gasteiger partial charge in [0.05, 0.1) is 6.61 Å². The summed E-state index contributed by atoms with van der Waals surface area (Å²) in [6, 6.07) is 0. The van der Waals surface area contributed by atoms with E-state index in [9.17, 15) is 0 Å². The highest BCUT2D eigenvalue weighted by Crippen LogP contribution is 2.29. The quantitative estimate of drug-likeness (QED) is 0.498. The number of nitrogens with zero attached hydrogens (tertiary/aromatic N) is 2. The minimum absolute atomic E-state index is 0.198. The molecule has 1 heterocycles. The lowest BCUT2D eigenvalue weighted by Crippen LogP contribution is -2.06. The van der Waals surface area contributed by atoms with E-state index in [1.165, 1.54) is 30.5 Å². The second-order valence-corrected chi connectivity index (χ2v) is 5.70. The summed E-state index contributed by atoms with van der Waals surface area (Å²) in [7, 11) is 0. The van der Waals surface area contributed by atoms with E-state index in [0.717, 1.165) is 17.9 Å². The first-order chi connectivity index (χ1) is 7.81. The molecule has 0 saturated heterocycles. The van der Waals surface area contributed by atoms with Gasteiger partial charge in [0.2, 0.25) is 0 Å². The van der Waals surface area contributed by atoms with Crippen LogP contribution in [0.3, 0.4) is 0 Å². The van der Waals surface area contributed by atoms with Gasteiger partial charge < -0.3 is 5.11 Å². The smallest absolute Gasteiger partial charge is 0.116 e. The highest BCUT2D eigenvalue weighted by atomic mass is 32.2. The number of aliphatic hydroxyl groups is 1. The molecule has 3 nitrogen and oxygen atoms in total. The molecular weight excluding hydrogens is 220 g/mol. The Morgan fingerprint density at radius 1 is 1.31 bits per heavy atom. The Bertz CT molecular complexity index is 357. The summed E-state index contributed by atoms with van der Waals surface area (Å²) in [5, 5.41) is 10.4. The monoisotopic (exact) mass is 238 g/mol. The molecule has 2 rings (SSSR count). The van der Waals surface area contributed by atoms with Crippen LogP contribution in [0, 0.1) is 0 Å². The van der Waals surface area contributed by atoms with E-state index in [-0.39, 0.29) is 11.9 Å². The van der Waals surface area contributed by atoms with Crippen molar-refractivity contribution in [3.05, 3.63) is 17.6 Å². The van der Waals surface area contributed by atoms with Crippen molar-refractivity contribution in [2.24, 2.45) is 0 Å². The van der Waals surface area contributed by atoms with Gasteiger partial charge in [-0.1, -0.05) is 13.3 Å². The molecular formula is C12H18N2OS. The van der Waals surface area contributed by atoms with E-state index in [4.69, 9.17) is 5.11 Å². The van der Waals surface area contributed by atoms with Gasteiger partial charge in [0.1, 0.15) is 11.4 Å². The summed E-state index contributed by atoms with van der Waals surface area (Å²) >= 11 is 1.67. The van der Waals surface area contributed by atoms with Crippen molar-refractivity contribution in [1.29, 1.82) is 0 Å². The average molecular weight is 238 g/mol. The first kappa shape index (κ1) is 11.9. The van der Waals surface area contributed by atoms with Crippen LogP contribution < -0.4 is 0 Å². The number of rotatable bonds is 3. The maximum Gasteiger partial charge on any atom is 0.116 e. The molecule has 0 bridgehead atoms. The van der Waals surface area contributed by atoms with Crippen LogP contribution in [0.15, 0.2) is 11.4 Å². The number of aromatic nitrogens is 2. The second-order valence-electron chi connectivity index (χ2n) is 4.28. The summed E-state index contributed by atoms with van der Waals surface area (Å²) in [5.74, 6) is 0. The van der Waals surface area contributed by atoms with Gasteiger partial charge in [-0.2, -0.15) is 0 Å². The third-order valence-electron chi connectivity index (χ3n) is 2.91. The van der Waals surface area contributed by atoms with Gasteiger partial charge >= 0.3 is 0 Å². The van der Waals surface area contributed by atoms with Gasteiger partial charge in [0, 0.05) is 16.5 Å². The van der Waals surface area contributed by atoms with Gasteiger partial charge in [0.25, 0.3) is 0 Å². The van der Waals surface area contributed by atoms with Crippen LogP contribution in [0.25, 0.3) is 0 Å². The lowest BCUT2D eigenvalue weighted by molar-refractivity contribution is 0.300. The normalized spacial score (nSPS) is 17.6. The van der Waals surface area contributed by atoms with Crippen LogP contribution in [0.5, 0.6) is 0 Å². The lowest BCUT2D eigenvalue weighted by Gasteiger charge is -2.12. The fraction of sp³-hybridized carbons (Fsp3) is 0.667. The predicted octanol–water partition coefficient (Wildman–Crippen LogP) is 2.22.